The van der Waals surface area contributed by atoms with E-state index in [1.165, 1.54) is 94.3 Å². The van der Waals surface area contributed by atoms with E-state index < -0.39 is 0 Å². The fraction of sp³-hybridized carbons (Fsp3) is 0.800. The van der Waals surface area contributed by atoms with Crippen LogP contribution in [-0.2, 0) is 0 Å². The van der Waals surface area contributed by atoms with Crippen LogP contribution in [0.15, 0.2) is 24.3 Å². The van der Waals surface area contributed by atoms with E-state index in [2.05, 4.69) is 53.8 Å². The lowest BCUT2D eigenvalue weighted by atomic mass is 10.1. The maximum absolute atomic E-state index is 2.48. The van der Waals surface area contributed by atoms with Crippen LogP contribution in [-0.4, -0.2) is 4.43 Å². The minimum Gasteiger partial charge on any atom is -0.0864 e. The molecule has 0 amide bonds. The third-order valence-corrected chi connectivity index (χ3v) is 4.62. The molecule has 0 aliphatic heterocycles. The molecule has 0 aliphatic rings. The summed E-state index contributed by atoms with van der Waals surface area (Å²) in [6.45, 7) is 2.25. The summed E-state index contributed by atoms with van der Waals surface area (Å²) in [4.78, 5) is 0. The van der Waals surface area contributed by atoms with Crippen LogP contribution < -0.4 is 0 Å². The molecule has 0 radical (unpaired) electrons. The van der Waals surface area contributed by atoms with E-state index in [1.807, 2.05) is 0 Å². The summed E-state index contributed by atoms with van der Waals surface area (Å²) in [5.74, 6) is 0. The Kier molecular flexibility index (Phi) is 20.4. The quantitative estimate of drug-likeness (QED) is 0.106. The monoisotopic (exact) mass is 404 g/mol. The summed E-state index contributed by atoms with van der Waals surface area (Å²) in [5.41, 5.74) is 0. The van der Waals surface area contributed by atoms with Crippen molar-refractivity contribution in [2.24, 2.45) is 0 Å². The third-order valence-electron chi connectivity index (χ3n) is 3.86. The average molecular weight is 404 g/mol. The first-order valence-corrected chi connectivity index (χ1v) is 10.8. The number of allylic oxidation sites excluding steroid dienone is 4. The van der Waals surface area contributed by atoms with Crippen molar-refractivity contribution in [2.45, 2.75) is 96.8 Å². The average Bonchev–Trinajstić information content (AvgIpc) is 2.50. The first kappa shape index (κ1) is 21.2. The van der Waals surface area contributed by atoms with Gasteiger partial charge in [-0.15, -0.1) is 0 Å². The highest BCUT2D eigenvalue weighted by atomic mass is 127. The summed E-state index contributed by atoms with van der Waals surface area (Å²) in [6, 6.07) is 0. The van der Waals surface area contributed by atoms with Crippen LogP contribution in [0.5, 0.6) is 0 Å². The van der Waals surface area contributed by atoms with Gasteiger partial charge in [0.25, 0.3) is 0 Å². The number of hydrogen-bond acceptors (Lipinski definition) is 0. The largest absolute Gasteiger partial charge is 0.0864 e. The summed E-state index contributed by atoms with van der Waals surface area (Å²) in [7, 11) is 0. The first-order chi connectivity index (χ1) is 10.4. The Bertz CT molecular complexity index is 230. The Hall–Kier alpha value is 0.210. The van der Waals surface area contributed by atoms with Crippen LogP contribution in [0, 0.1) is 0 Å². The predicted molar refractivity (Wildman–Crippen MR) is 107 cm³/mol. The van der Waals surface area contributed by atoms with Crippen LogP contribution in [0.3, 0.4) is 0 Å². The number of halogens is 1. The maximum Gasteiger partial charge on any atom is -0.000473 e. The molecule has 0 atom stereocenters. The zero-order chi connectivity index (χ0) is 15.4. The van der Waals surface area contributed by atoms with Crippen molar-refractivity contribution in [3.05, 3.63) is 24.3 Å². The molecule has 0 nitrogen and oxygen atoms in total. The van der Waals surface area contributed by atoms with Gasteiger partial charge in [0.05, 0.1) is 0 Å². The summed E-state index contributed by atoms with van der Waals surface area (Å²) in [6.07, 6.45) is 28.6. The number of hydrogen-bond donors (Lipinski definition) is 0. The molecule has 0 aliphatic carbocycles. The number of rotatable bonds is 16. The van der Waals surface area contributed by atoms with Gasteiger partial charge < -0.3 is 0 Å². The molecular formula is C20H37I. The van der Waals surface area contributed by atoms with Gasteiger partial charge in [-0.3, -0.25) is 0 Å². The van der Waals surface area contributed by atoms with Crippen LogP contribution in [0.25, 0.3) is 0 Å². The topological polar surface area (TPSA) is 0 Å². The van der Waals surface area contributed by atoms with E-state index >= 15 is 0 Å². The minimum absolute atomic E-state index is 1.24. The van der Waals surface area contributed by atoms with Crippen molar-refractivity contribution in [1.82, 2.24) is 0 Å². The van der Waals surface area contributed by atoms with Crippen molar-refractivity contribution in [3.8, 4) is 0 Å². The molecule has 0 spiro atoms. The zero-order valence-electron chi connectivity index (χ0n) is 14.3. The lowest BCUT2D eigenvalue weighted by Crippen LogP contribution is -1.82. The molecule has 0 saturated heterocycles. The van der Waals surface area contributed by atoms with E-state index in [0.717, 1.165) is 0 Å². The van der Waals surface area contributed by atoms with Crippen molar-refractivity contribution < 1.29 is 0 Å². The van der Waals surface area contributed by atoms with Gasteiger partial charge in [-0.25, -0.2) is 0 Å². The standard InChI is InChI=1S/C20H37I/c1-2-3-4-5-6-7-8-9-10-11-12-13-14-15-16-17-18-19-20-21/h5-8H,2-4,9-20H2,1H3/b6-5+,8-7+. The van der Waals surface area contributed by atoms with Gasteiger partial charge in [-0.2, -0.15) is 0 Å². The molecule has 0 bridgehead atoms. The molecule has 0 heterocycles. The molecule has 0 N–H and O–H groups in total. The van der Waals surface area contributed by atoms with Gasteiger partial charge in [-0.05, 0) is 30.1 Å². The number of unbranched alkanes of at least 4 members (excludes halogenated alkanes) is 12. The molecule has 0 rings (SSSR count). The lowest BCUT2D eigenvalue weighted by Gasteiger charge is -2.01. The van der Waals surface area contributed by atoms with Gasteiger partial charge in [0.1, 0.15) is 0 Å². The van der Waals surface area contributed by atoms with E-state index in [4.69, 9.17) is 0 Å². The van der Waals surface area contributed by atoms with Crippen LogP contribution in [0.1, 0.15) is 96.8 Å². The molecular weight excluding hydrogens is 367 g/mol. The Morgan fingerprint density at radius 1 is 0.571 bits per heavy atom. The zero-order valence-corrected chi connectivity index (χ0v) is 16.5. The molecule has 0 unspecified atom stereocenters. The highest BCUT2D eigenvalue weighted by Crippen LogP contribution is 2.11. The Morgan fingerprint density at radius 2 is 1.00 bits per heavy atom. The molecule has 0 saturated carbocycles. The van der Waals surface area contributed by atoms with E-state index in [9.17, 15) is 0 Å². The SMILES string of the molecule is CCCC/C=C/C=C/CCCCCCCCCCCCI. The second-order valence-corrected chi connectivity index (χ2v) is 7.09. The number of alkyl halides is 1. The molecule has 1 heteroatoms. The Morgan fingerprint density at radius 3 is 1.48 bits per heavy atom. The third kappa shape index (κ3) is 20.2. The maximum atomic E-state index is 2.48. The Balaban J connectivity index is 3.08. The van der Waals surface area contributed by atoms with Crippen LogP contribution in [0.2, 0.25) is 0 Å². The normalized spacial score (nSPS) is 11.9. The van der Waals surface area contributed by atoms with Gasteiger partial charge in [-0.1, -0.05) is 118 Å². The Labute approximate surface area is 148 Å². The predicted octanol–water partition coefficient (Wildman–Crippen LogP) is 8.02. The van der Waals surface area contributed by atoms with E-state index in [-0.39, 0.29) is 0 Å². The van der Waals surface area contributed by atoms with Crippen LogP contribution >= 0.6 is 22.6 Å². The first-order valence-electron chi connectivity index (χ1n) is 9.29. The minimum atomic E-state index is 1.24. The molecule has 0 aromatic rings. The fourth-order valence-electron chi connectivity index (χ4n) is 2.44. The summed E-state index contributed by atoms with van der Waals surface area (Å²) >= 11 is 2.48. The van der Waals surface area contributed by atoms with Gasteiger partial charge >= 0.3 is 0 Å². The molecule has 124 valence electrons. The fourth-order valence-corrected chi connectivity index (χ4v) is 2.98. The summed E-state index contributed by atoms with van der Waals surface area (Å²) in [5, 5.41) is 0. The highest BCUT2D eigenvalue weighted by Gasteiger charge is 1.92. The van der Waals surface area contributed by atoms with Gasteiger partial charge in [0.2, 0.25) is 0 Å². The second kappa shape index (κ2) is 20.2. The van der Waals surface area contributed by atoms with Crippen molar-refractivity contribution >= 4 is 22.6 Å². The van der Waals surface area contributed by atoms with Crippen molar-refractivity contribution in [2.75, 3.05) is 4.43 Å². The van der Waals surface area contributed by atoms with Gasteiger partial charge in [0.15, 0.2) is 0 Å². The second-order valence-electron chi connectivity index (χ2n) is 6.01. The highest BCUT2D eigenvalue weighted by molar-refractivity contribution is 14.1. The van der Waals surface area contributed by atoms with Gasteiger partial charge in [0, 0.05) is 0 Å². The molecule has 0 aromatic heterocycles. The van der Waals surface area contributed by atoms with Crippen molar-refractivity contribution in [1.29, 1.82) is 0 Å². The molecule has 21 heavy (non-hydrogen) atoms. The van der Waals surface area contributed by atoms with E-state index in [0.29, 0.717) is 0 Å². The molecule has 0 aromatic carbocycles. The van der Waals surface area contributed by atoms with Crippen LogP contribution in [0.4, 0.5) is 0 Å². The van der Waals surface area contributed by atoms with Crippen molar-refractivity contribution in [3.63, 3.8) is 0 Å². The smallest absolute Gasteiger partial charge is 0.000473 e. The molecule has 0 fully saturated rings. The summed E-state index contributed by atoms with van der Waals surface area (Å²) < 4.78 is 1.33. The lowest BCUT2D eigenvalue weighted by molar-refractivity contribution is 0.559. The van der Waals surface area contributed by atoms with E-state index in [1.54, 1.807) is 0 Å².